The normalized spacial score (nSPS) is 11.7. The van der Waals surface area contributed by atoms with Crippen molar-refractivity contribution in [3.63, 3.8) is 0 Å². The Labute approximate surface area is 139 Å². The molecule has 1 amide bonds. The Hall–Kier alpha value is -3.03. The summed E-state index contributed by atoms with van der Waals surface area (Å²) in [6.45, 7) is 0. The van der Waals surface area contributed by atoms with Crippen LogP contribution in [-0.2, 0) is 0 Å². The maximum Gasteiger partial charge on any atom is 0.396 e. The number of carbonyl (C=O) groups excluding carboxylic acids is 1. The number of nitrogens with zero attached hydrogens (tertiary/aromatic N) is 2. The van der Waals surface area contributed by atoms with Gasteiger partial charge in [0.2, 0.25) is 0 Å². The Morgan fingerprint density at radius 3 is 2.56 bits per heavy atom. The standard InChI is InChI=1S/C17H10F4N3O/c18-12-4-3-9-6-11(7-17(19,20)21)14(10-2-1-5-23-8-10)24-15(9)13(12)16(22)25/h1-8H,(H2,22,25). The van der Waals surface area contributed by atoms with Gasteiger partial charge >= 0.3 is 6.18 Å². The molecule has 8 heteroatoms. The number of pyridine rings is 2. The second-order valence-corrected chi connectivity index (χ2v) is 5.21. The Morgan fingerprint density at radius 1 is 1.20 bits per heavy atom. The number of halogens is 4. The summed E-state index contributed by atoms with van der Waals surface area (Å²) in [7, 11) is 0. The van der Waals surface area contributed by atoms with Crippen LogP contribution in [0.5, 0.6) is 0 Å². The molecule has 2 heterocycles. The minimum Gasteiger partial charge on any atom is -0.365 e. The molecule has 3 rings (SSSR count). The van der Waals surface area contributed by atoms with Gasteiger partial charge in [0.05, 0.1) is 17.6 Å². The van der Waals surface area contributed by atoms with Crippen molar-refractivity contribution in [3.05, 3.63) is 66.1 Å². The molecule has 0 saturated carbocycles. The van der Waals surface area contributed by atoms with Crippen LogP contribution in [0, 0.1) is 12.2 Å². The Bertz CT molecular complexity index is 956. The van der Waals surface area contributed by atoms with Crippen molar-refractivity contribution in [2.75, 3.05) is 0 Å². The quantitative estimate of drug-likeness (QED) is 0.735. The van der Waals surface area contributed by atoms with E-state index in [4.69, 9.17) is 5.73 Å². The van der Waals surface area contributed by atoms with Crippen molar-refractivity contribution in [1.82, 2.24) is 9.97 Å². The monoisotopic (exact) mass is 348 g/mol. The van der Waals surface area contributed by atoms with E-state index >= 15 is 0 Å². The van der Waals surface area contributed by atoms with E-state index < -0.39 is 23.5 Å². The number of carbonyl (C=O) groups is 1. The lowest BCUT2D eigenvalue weighted by Crippen LogP contribution is -2.15. The van der Waals surface area contributed by atoms with Crippen LogP contribution in [0.15, 0.2) is 42.7 Å². The third-order valence-electron chi connectivity index (χ3n) is 3.47. The zero-order chi connectivity index (χ0) is 18.2. The fourth-order valence-corrected chi connectivity index (χ4v) is 2.49. The lowest BCUT2D eigenvalue weighted by Gasteiger charge is -2.14. The van der Waals surface area contributed by atoms with Gasteiger partial charge in [0.1, 0.15) is 11.4 Å². The number of hydrogen-bond donors (Lipinski definition) is 1. The highest BCUT2D eigenvalue weighted by molar-refractivity contribution is 6.05. The number of rotatable bonds is 3. The molecule has 0 aliphatic heterocycles. The van der Waals surface area contributed by atoms with Crippen LogP contribution in [0.2, 0.25) is 0 Å². The first-order valence-corrected chi connectivity index (χ1v) is 7.02. The molecule has 2 N–H and O–H groups in total. The Morgan fingerprint density at radius 2 is 1.96 bits per heavy atom. The highest BCUT2D eigenvalue weighted by atomic mass is 19.4. The average molecular weight is 348 g/mol. The molecule has 0 fully saturated rings. The molecule has 2 aromatic heterocycles. The van der Waals surface area contributed by atoms with E-state index in [1.54, 1.807) is 0 Å². The van der Waals surface area contributed by atoms with Gasteiger partial charge in [-0.15, -0.1) is 0 Å². The third kappa shape index (κ3) is 3.42. The number of amides is 1. The molecule has 0 bridgehead atoms. The van der Waals surface area contributed by atoms with Gasteiger partial charge in [-0.1, -0.05) is 0 Å². The van der Waals surface area contributed by atoms with Gasteiger partial charge in [-0.25, -0.2) is 9.37 Å². The molecule has 0 spiro atoms. The van der Waals surface area contributed by atoms with E-state index in [1.807, 2.05) is 0 Å². The van der Waals surface area contributed by atoms with Crippen molar-refractivity contribution in [2.24, 2.45) is 5.73 Å². The highest BCUT2D eigenvalue weighted by Crippen LogP contribution is 2.33. The van der Waals surface area contributed by atoms with Crippen molar-refractivity contribution in [2.45, 2.75) is 6.18 Å². The molecule has 127 valence electrons. The van der Waals surface area contributed by atoms with Crippen molar-refractivity contribution >= 4 is 16.8 Å². The molecule has 4 nitrogen and oxygen atoms in total. The summed E-state index contributed by atoms with van der Waals surface area (Å²) in [6, 6.07) is 6.43. The van der Waals surface area contributed by atoms with Gasteiger partial charge in [0, 0.05) is 23.3 Å². The maximum absolute atomic E-state index is 13.9. The molecule has 0 atom stereocenters. The van der Waals surface area contributed by atoms with E-state index in [0.717, 1.165) is 6.07 Å². The predicted octanol–water partition coefficient (Wildman–Crippen LogP) is 3.65. The number of aromatic nitrogens is 2. The van der Waals surface area contributed by atoms with E-state index in [1.165, 1.54) is 36.7 Å². The molecule has 0 saturated heterocycles. The van der Waals surface area contributed by atoms with Crippen LogP contribution >= 0.6 is 0 Å². The first-order valence-electron chi connectivity index (χ1n) is 7.02. The first kappa shape index (κ1) is 16.8. The fourth-order valence-electron chi connectivity index (χ4n) is 2.49. The van der Waals surface area contributed by atoms with Crippen LogP contribution in [-0.4, -0.2) is 22.1 Å². The molecular weight excluding hydrogens is 338 g/mol. The predicted molar refractivity (Wildman–Crippen MR) is 82.9 cm³/mol. The molecular formula is C17H10F4N3O. The third-order valence-corrected chi connectivity index (χ3v) is 3.47. The smallest absolute Gasteiger partial charge is 0.365 e. The number of alkyl halides is 3. The molecule has 3 aromatic rings. The summed E-state index contributed by atoms with van der Waals surface area (Å²) in [5.41, 5.74) is 4.60. The lowest BCUT2D eigenvalue weighted by molar-refractivity contribution is -0.0927. The van der Waals surface area contributed by atoms with Gasteiger partial charge in [0.25, 0.3) is 5.91 Å². The second-order valence-electron chi connectivity index (χ2n) is 5.21. The van der Waals surface area contributed by atoms with E-state index in [0.29, 0.717) is 5.56 Å². The van der Waals surface area contributed by atoms with Crippen molar-refractivity contribution in [3.8, 4) is 11.3 Å². The first-order chi connectivity index (χ1) is 11.8. The Kier molecular flexibility index (Phi) is 4.12. The van der Waals surface area contributed by atoms with Crippen LogP contribution in [0.3, 0.4) is 0 Å². The second kappa shape index (κ2) is 6.12. The largest absolute Gasteiger partial charge is 0.396 e. The zero-order valence-electron chi connectivity index (χ0n) is 12.5. The van der Waals surface area contributed by atoms with Crippen LogP contribution in [0.1, 0.15) is 15.9 Å². The molecule has 0 unspecified atom stereocenters. The number of nitrogens with two attached hydrogens (primary N) is 1. The minimum atomic E-state index is -4.58. The fraction of sp³-hybridized carbons (Fsp3) is 0.0588. The average Bonchev–Trinajstić information content (AvgIpc) is 2.53. The highest BCUT2D eigenvalue weighted by Gasteiger charge is 2.31. The Balaban J connectivity index is 2.34. The number of benzene rings is 1. The number of hydrogen-bond acceptors (Lipinski definition) is 3. The molecule has 0 aliphatic rings. The van der Waals surface area contributed by atoms with Crippen molar-refractivity contribution < 1.29 is 22.4 Å². The van der Waals surface area contributed by atoms with E-state index in [-0.39, 0.29) is 28.6 Å². The summed E-state index contributed by atoms with van der Waals surface area (Å²) in [6.07, 6.45) is -1.72. The SMILES string of the molecule is NC(=O)c1c(F)ccc2cc([CH]C(F)(F)F)c(-c3cccnc3)nc12. The molecule has 0 aliphatic carbocycles. The van der Waals surface area contributed by atoms with Gasteiger partial charge in [-0.3, -0.25) is 9.78 Å². The van der Waals surface area contributed by atoms with Gasteiger partial charge in [-0.05, 0) is 35.9 Å². The van der Waals surface area contributed by atoms with Crippen molar-refractivity contribution in [1.29, 1.82) is 0 Å². The van der Waals surface area contributed by atoms with Gasteiger partial charge < -0.3 is 5.73 Å². The summed E-state index contributed by atoms with van der Waals surface area (Å²) < 4.78 is 52.6. The summed E-state index contributed by atoms with van der Waals surface area (Å²) in [5, 5.41) is 0.165. The molecule has 1 radical (unpaired) electrons. The number of fused-ring (bicyclic) bond motifs is 1. The maximum atomic E-state index is 13.9. The van der Waals surface area contributed by atoms with E-state index in [2.05, 4.69) is 9.97 Å². The van der Waals surface area contributed by atoms with Gasteiger partial charge in [0.15, 0.2) is 0 Å². The van der Waals surface area contributed by atoms with Gasteiger partial charge in [-0.2, -0.15) is 13.2 Å². The minimum absolute atomic E-state index is 0.0778. The summed E-state index contributed by atoms with van der Waals surface area (Å²) in [5.74, 6) is -1.95. The molecule has 25 heavy (non-hydrogen) atoms. The number of primary amides is 1. The van der Waals surface area contributed by atoms with Crippen LogP contribution in [0.25, 0.3) is 22.2 Å². The van der Waals surface area contributed by atoms with E-state index in [9.17, 15) is 22.4 Å². The van der Waals surface area contributed by atoms with Crippen LogP contribution < -0.4 is 5.73 Å². The zero-order valence-corrected chi connectivity index (χ0v) is 12.5. The lowest BCUT2D eigenvalue weighted by atomic mass is 10.00. The molecule has 1 aromatic carbocycles. The summed E-state index contributed by atoms with van der Waals surface area (Å²) >= 11 is 0. The topological polar surface area (TPSA) is 68.9 Å². The van der Waals surface area contributed by atoms with Crippen LogP contribution in [0.4, 0.5) is 17.6 Å². The summed E-state index contributed by atoms with van der Waals surface area (Å²) in [4.78, 5) is 19.5.